The SMILES string of the molecule is CC(C)C[C@@H](C=O)NC(=O)[C@@H]1CCCCCCCCCCCC(=O)c2ccc([nH]2)C(=O)C1. The minimum absolute atomic E-state index is 0.0296. The molecule has 6 nitrogen and oxygen atoms in total. The molecule has 32 heavy (non-hydrogen) atoms. The Morgan fingerprint density at radius 3 is 2.12 bits per heavy atom. The van der Waals surface area contributed by atoms with Crippen molar-refractivity contribution in [3.05, 3.63) is 23.5 Å². The first-order valence-electron chi connectivity index (χ1n) is 12.4. The van der Waals surface area contributed by atoms with Gasteiger partial charge in [0.15, 0.2) is 11.6 Å². The molecule has 2 N–H and O–H groups in total. The van der Waals surface area contributed by atoms with E-state index in [1.54, 1.807) is 12.1 Å². The van der Waals surface area contributed by atoms with E-state index < -0.39 is 12.0 Å². The second kappa shape index (κ2) is 14.0. The van der Waals surface area contributed by atoms with Crippen molar-refractivity contribution in [1.29, 1.82) is 0 Å². The molecule has 2 rings (SSSR count). The Hall–Kier alpha value is -2.24. The van der Waals surface area contributed by atoms with E-state index in [1.807, 2.05) is 13.8 Å². The van der Waals surface area contributed by atoms with Crippen molar-refractivity contribution in [3.63, 3.8) is 0 Å². The molecule has 1 aromatic rings. The average molecular weight is 445 g/mol. The molecule has 2 bridgehead atoms. The first-order valence-corrected chi connectivity index (χ1v) is 12.4. The summed E-state index contributed by atoms with van der Waals surface area (Å²) >= 11 is 0. The third-order valence-electron chi connectivity index (χ3n) is 6.26. The Kier molecular flexibility index (Phi) is 11.4. The fourth-order valence-corrected chi connectivity index (χ4v) is 4.39. The monoisotopic (exact) mass is 444 g/mol. The number of aromatic amines is 1. The van der Waals surface area contributed by atoms with E-state index in [2.05, 4.69) is 10.3 Å². The normalized spacial score (nSPS) is 20.9. The molecule has 2 atom stereocenters. The summed E-state index contributed by atoms with van der Waals surface area (Å²) in [6.45, 7) is 4.01. The summed E-state index contributed by atoms with van der Waals surface area (Å²) in [6.07, 6.45) is 12.3. The van der Waals surface area contributed by atoms with Crippen LogP contribution in [0.15, 0.2) is 12.1 Å². The van der Waals surface area contributed by atoms with Crippen molar-refractivity contribution in [2.45, 2.75) is 103 Å². The quantitative estimate of drug-likeness (QED) is 0.593. The Morgan fingerprint density at radius 2 is 1.53 bits per heavy atom. The molecule has 178 valence electrons. The molecule has 0 aromatic carbocycles. The Balaban J connectivity index is 2.10. The van der Waals surface area contributed by atoms with E-state index in [9.17, 15) is 19.2 Å². The summed E-state index contributed by atoms with van der Waals surface area (Å²) in [7, 11) is 0. The van der Waals surface area contributed by atoms with Crippen LogP contribution in [0, 0.1) is 11.8 Å². The second-order valence-corrected chi connectivity index (χ2v) is 9.63. The van der Waals surface area contributed by atoms with Crippen molar-refractivity contribution in [2.75, 3.05) is 0 Å². The molecule has 0 spiro atoms. The summed E-state index contributed by atoms with van der Waals surface area (Å²) in [5.41, 5.74) is 0.842. The Morgan fingerprint density at radius 1 is 0.969 bits per heavy atom. The zero-order chi connectivity index (χ0) is 23.3. The van der Waals surface area contributed by atoms with Gasteiger partial charge in [0.2, 0.25) is 5.91 Å². The maximum atomic E-state index is 12.9. The van der Waals surface area contributed by atoms with Crippen LogP contribution in [0.5, 0.6) is 0 Å². The van der Waals surface area contributed by atoms with Crippen LogP contribution in [-0.4, -0.2) is 34.8 Å². The van der Waals surface area contributed by atoms with Gasteiger partial charge in [-0.05, 0) is 37.3 Å². The van der Waals surface area contributed by atoms with Gasteiger partial charge in [0, 0.05) is 18.8 Å². The van der Waals surface area contributed by atoms with Gasteiger partial charge in [0.25, 0.3) is 0 Å². The molecular formula is C26H40N2O4. The number of rotatable bonds is 5. The Bertz CT molecular complexity index is 753. The first-order chi connectivity index (χ1) is 15.4. The van der Waals surface area contributed by atoms with Gasteiger partial charge < -0.3 is 15.1 Å². The highest BCUT2D eigenvalue weighted by Crippen LogP contribution is 2.20. The fourth-order valence-electron chi connectivity index (χ4n) is 4.39. The number of ketones is 2. The van der Waals surface area contributed by atoms with Crippen LogP contribution in [0.1, 0.15) is 118 Å². The molecule has 1 aromatic heterocycles. The predicted octanol–water partition coefficient (Wildman–Crippen LogP) is 5.42. The first kappa shape index (κ1) is 26.0. The van der Waals surface area contributed by atoms with Gasteiger partial charge in [-0.15, -0.1) is 0 Å². The summed E-state index contributed by atoms with van der Waals surface area (Å²) < 4.78 is 0. The number of amides is 1. The lowest BCUT2D eigenvalue weighted by Gasteiger charge is -2.20. The van der Waals surface area contributed by atoms with Crippen LogP contribution in [0.2, 0.25) is 0 Å². The molecule has 2 heterocycles. The highest BCUT2D eigenvalue weighted by atomic mass is 16.2. The third-order valence-corrected chi connectivity index (χ3v) is 6.26. The van der Waals surface area contributed by atoms with Crippen LogP contribution in [0.25, 0.3) is 0 Å². The van der Waals surface area contributed by atoms with Crippen molar-refractivity contribution >= 4 is 23.8 Å². The lowest BCUT2D eigenvalue weighted by atomic mass is 9.92. The molecule has 0 fully saturated rings. The number of Topliss-reactive ketones (excluding diaryl/α,β-unsaturated/α-hetero) is 2. The molecule has 1 aliphatic heterocycles. The zero-order valence-corrected chi connectivity index (χ0v) is 19.8. The number of hydrogen-bond acceptors (Lipinski definition) is 4. The van der Waals surface area contributed by atoms with Gasteiger partial charge in [-0.1, -0.05) is 65.2 Å². The summed E-state index contributed by atoms with van der Waals surface area (Å²) in [5, 5.41) is 2.84. The molecular weight excluding hydrogens is 404 g/mol. The van der Waals surface area contributed by atoms with E-state index in [4.69, 9.17) is 0 Å². The van der Waals surface area contributed by atoms with Crippen molar-refractivity contribution in [1.82, 2.24) is 10.3 Å². The highest BCUT2D eigenvalue weighted by Gasteiger charge is 2.25. The summed E-state index contributed by atoms with van der Waals surface area (Å²) in [5.74, 6) is -0.557. The molecule has 0 unspecified atom stereocenters. The van der Waals surface area contributed by atoms with Crippen LogP contribution < -0.4 is 5.32 Å². The van der Waals surface area contributed by atoms with E-state index >= 15 is 0 Å². The minimum atomic E-state index is -0.527. The van der Waals surface area contributed by atoms with Crippen molar-refractivity contribution in [3.8, 4) is 0 Å². The zero-order valence-electron chi connectivity index (χ0n) is 19.8. The predicted molar refractivity (Wildman–Crippen MR) is 126 cm³/mol. The standard InChI is InChI=1S/C26H40N2O4/c1-19(2)16-21(18-29)27-26(32)20-12-10-8-6-4-3-5-7-9-11-13-24(30)22-14-15-23(28-22)25(31)17-20/h14-15,18-21,28H,3-13,16-17H2,1-2H3,(H,27,32)/t20-,21+/m1/s1. The van der Waals surface area contributed by atoms with Crippen LogP contribution >= 0.6 is 0 Å². The smallest absolute Gasteiger partial charge is 0.224 e. The topological polar surface area (TPSA) is 96.1 Å². The van der Waals surface area contributed by atoms with Gasteiger partial charge in [-0.25, -0.2) is 0 Å². The highest BCUT2D eigenvalue weighted by molar-refractivity contribution is 6.00. The lowest BCUT2D eigenvalue weighted by Crippen LogP contribution is -2.41. The number of carbonyl (C=O) groups excluding carboxylic acids is 4. The number of aldehydes is 1. The van der Waals surface area contributed by atoms with E-state index in [1.165, 1.54) is 19.3 Å². The summed E-state index contributed by atoms with van der Waals surface area (Å²) in [4.78, 5) is 52.6. The molecule has 1 aliphatic rings. The summed E-state index contributed by atoms with van der Waals surface area (Å²) in [6, 6.07) is 2.79. The van der Waals surface area contributed by atoms with E-state index in [-0.39, 0.29) is 29.8 Å². The number of H-pyrrole nitrogens is 1. The van der Waals surface area contributed by atoms with Gasteiger partial charge >= 0.3 is 0 Å². The molecule has 0 saturated heterocycles. The van der Waals surface area contributed by atoms with E-state index in [0.717, 1.165) is 44.8 Å². The fraction of sp³-hybridized carbons (Fsp3) is 0.692. The maximum Gasteiger partial charge on any atom is 0.224 e. The van der Waals surface area contributed by atoms with Crippen LogP contribution in [-0.2, 0) is 9.59 Å². The van der Waals surface area contributed by atoms with E-state index in [0.29, 0.717) is 30.7 Å². The van der Waals surface area contributed by atoms with Gasteiger partial charge in [0.05, 0.1) is 17.4 Å². The van der Waals surface area contributed by atoms with Gasteiger partial charge in [-0.2, -0.15) is 0 Å². The van der Waals surface area contributed by atoms with Gasteiger partial charge in [-0.3, -0.25) is 14.4 Å². The lowest BCUT2D eigenvalue weighted by molar-refractivity contribution is -0.127. The minimum Gasteiger partial charge on any atom is -0.350 e. The molecule has 6 heteroatoms. The van der Waals surface area contributed by atoms with Gasteiger partial charge in [0.1, 0.15) is 6.29 Å². The molecule has 1 amide bonds. The van der Waals surface area contributed by atoms with Crippen molar-refractivity contribution < 1.29 is 19.2 Å². The number of carbonyl (C=O) groups is 4. The maximum absolute atomic E-state index is 12.9. The van der Waals surface area contributed by atoms with Crippen LogP contribution in [0.3, 0.4) is 0 Å². The number of nitrogens with one attached hydrogen (secondary N) is 2. The number of fused-ring (bicyclic) bond motifs is 2. The third kappa shape index (κ3) is 9.09. The largest absolute Gasteiger partial charge is 0.350 e. The number of aromatic nitrogens is 1. The molecule has 0 saturated carbocycles. The van der Waals surface area contributed by atoms with Crippen LogP contribution in [0.4, 0.5) is 0 Å². The number of hydrogen-bond donors (Lipinski definition) is 2. The second-order valence-electron chi connectivity index (χ2n) is 9.63. The molecule has 0 aliphatic carbocycles. The average Bonchev–Trinajstić information content (AvgIpc) is 3.25. The Labute approximate surface area is 192 Å². The van der Waals surface area contributed by atoms with Crippen molar-refractivity contribution in [2.24, 2.45) is 11.8 Å². The molecule has 0 radical (unpaired) electrons.